The van der Waals surface area contributed by atoms with E-state index in [9.17, 15) is 5.11 Å². The van der Waals surface area contributed by atoms with Crippen molar-refractivity contribution >= 4 is 15.9 Å². The van der Waals surface area contributed by atoms with E-state index in [1.54, 1.807) is 6.07 Å². The van der Waals surface area contributed by atoms with Crippen LogP contribution in [-0.4, -0.2) is 35.7 Å². The quantitative estimate of drug-likeness (QED) is 0.862. The molecule has 1 saturated heterocycles. The number of rotatable bonds is 5. The van der Waals surface area contributed by atoms with Crippen LogP contribution in [0.15, 0.2) is 22.7 Å². The van der Waals surface area contributed by atoms with Crippen molar-refractivity contribution in [1.82, 2.24) is 10.2 Å². The van der Waals surface area contributed by atoms with Gasteiger partial charge in [0.2, 0.25) is 0 Å². The first-order valence-electron chi connectivity index (χ1n) is 7.48. The van der Waals surface area contributed by atoms with Gasteiger partial charge in [0.15, 0.2) is 0 Å². The van der Waals surface area contributed by atoms with Gasteiger partial charge in [-0.15, -0.1) is 0 Å². The molecule has 2 N–H and O–H groups in total. The van der Waals surface area contributed by atoms with Crippen molar-refractivity contribution in [1.29, 1.82) is 0 Å². The molecule has 112 valence electrons. The first-order chi connectivity index (χ1) is 9.56. The maximum absolute atomic E-state index is 10.0. The van der Waals surface area contributed by atoms with Crippen LogP contribution >= 0.6 is 15.9 Å². The van der Waals surface area contributed by atoms with Gasteiger partial charge < -0.3 is 10.4 Å². The Morgan fingerprint density at radius 2 is 2.25 bits per heavy atom. The first-order valence-corrected chi connectivity index (χ1v) is 8.27. The van der Waals surface area contributed by atoms with Gasteiger partial charge in [0.25, 0.3) is 0 Å². The van der Waals surface area contributed by atoms with Gasteiger partial charge in [0, 0.05) is 29.2 Å². The molecule has 1 aromatic carbocycles. The number of nitrogens with zero attached hydrogens (tertiary/aromatic N) is 1. The van der Waals surface area contributed by atoms with Gasteiger partial charge in [-0.25, -0.2) is 0 Å². The third-order valence-electron chi connectivity index (χ3n) is 4.04. The molecule has 4 heteroatoms. The van der Waals surface area contributed by atoms with Crippen LogP contribution in [0.1, 0.15) is 32.3 Å². The topological polar surface area (TPSA) is 35.5 Å². The predicted octanol–water partition coefficient (Wildman–Crippen LogP) is 3.36. The fourth-order valence-corrected chi connectivity index (χ4v) is 3.18. The molecule has 1 heterocycles. The summed E-state index contributed by atoms with van der Waals surface area (Å²) in [6.45, 7) is 8.63. The fraction of sp³-hybridized carbons (Fsp3) is 0.625. The molecule has 1 atom stereocenters. The summed E-state index contributed by atoms with van der Waals surface area (Å²) in [6.07, 6.45) is 2.58. The zero-order valence-electron chi connectivity index (χ0n) is 12.4. The molecule has 0 bridgehead atoms. The minimum absolute atomic E-state index is 0.389. The molecule has 0 saturated carbocycles. The van der Waals surface area contributed by atoms with E-state index in [1.165, 1.54) is 12.8 Å². The molecule has 0 amide bonds. The second-order valence-electron chi connectivity index (χ2n) is 6.01. The van der Waals surface area contributed by atoms with Crippen LogP contribution in [0.25, 0.3) is 0 Å². The van der Waals surface area contributed by atoms with E-state index in [4.69, 9.17) is 0 Å². The van der Waals surface area contributed by atoms with Crippen molar-refractivity contribution in [2.24, 2.45) is 5.92 Å². The molecule has 1 aliphatic rings. The third kappa shape index (κ3) is 4.47. The number of phenols is 1. The Hall–Kier alpha value is -0.580. The Balaban J connectivity index is 2.02. The van der Waals surface area contributed by atoms with Gasteiger partial charge in [-0.3, -0.25) is 4.90 Å². The summed E-state index contributed by atoms with van der Waals surface area (Å²) in [5, 5.41) is 13.5. The summed E-state index contributed by atoms with van der Waals surface area (Å²) in [5.74, 6) is 1.11. The third-order valence-corrected chi connectivity index (χ3v) is 4.53. The molecule has 3 nitrogen and oxygen atoms in total. The molecule has 1 aliphatic heterocycles. The van der Waals surface area contributed by atoms with Crippen LogP contribution in [0.2, 0.25) is 0 Å². The largest absolute Gasteiger partial charge is 0.508 e. The van der Waals surface area contributed by atoms with Crippen molar-refractivity contribution in [3.63, 3.8) is 0 Å². The highest BCUT2D eigenvalue weighted by molar-refractivity contribution is 9.10. The average Bonchev–Trinajstić information content (AvgIpc) is 2.43. The number of nitrogens with one attached hydrogen (secondary N) is 1. The van der Waals surface area contributed by atoms with E-state index in [1.807, 2.05) is 12.1 Å². The van der Waals surface area contributed by atoms with Crippen molar-refractivity contribution in [2.75, 3.05) is 19.6 Å². The van der Waals surface area contributed by atoms with Gasteiger partial charge in [-0.05, 0) is 63.9 Å². The lowest BCUT2D eigenvalue weighted by Crippen LogP contribution is -2.40. The molecule has 1 fully saturated rings. The minimum Gasteiger partial charge on any atom is -0.508 e. The minimum atomic E-state index is 0.389. The van der Waals surface area contributed by atoms with Gasteiger partial charge in [0.05, 0.1) is 0 Å². The predicted molar refractivity (Wildman–Crippen MR) is 86.9 cm³/mol. The zero-order valence-corrected chi connectivity index (χ0v) is 14.0. The van der Waals surface area contributed by atoms with Gasteiger partial charge in [-0.1, -0.05) is 15.9 Å². The van der Waals surface area contributed by atoms with E-state index in [0.717, 1.165) is 42.1 Å². The Kier molecular flexibility index (Phi) is 5.87. The maximum atomic E-state index is 10.0. The second-order valence-corrected chi connectivity index (χ2v) is 6.92. The number of benzene rings is 1. The van der Waals surface area contributed by atoms with Crippen LogP contribution in [0, 0.1) is 5.92 Å². The molecule has 0 aromatic heterocycles. The van der Waals surface area contributed by atoms with Crippen molar-refractivity contribution in [3.05, 3.63) is 28.2 Å². The lowest BCUT2D eigenvalue weighted by atomic mass is 9.98. The molecule has 1 aromatic rings. The Morgan fingerprint density at radius 3 is 2.90 bits per heavy atom. The van der Waals surface area contributed by atoms with Gasteiger partial charge in [0.1, 0.15) is 5.75 Å². The van der Waals surface area contributed by atoms with Crippen molar-refractivity contribution < 1.29 is 5.11 Å². The van der Waals surface area contributed by atoms with E-state index >= 15 is 0 Å². The lowest BCUT2D eigenvalue weighted by molar-refractivity contribution is 0.162. The van der Waals surface area contributed by atoms with Crippen LogP contribution in [0.4, 0.5) is 0 Å². The second kappa shape index (κ2) is 7.43. The van der Waals surface area contributed by atoms with Gasteiger partial charge >= 0.3 is 0 Å². The Labute approximate surface area is 130 Å². The van der Waals surface area contributed by atoms with Crippen LogP contribution in [0.3, 0.4) is 0 Å². The monoisotopic (exact) mass is 340 g/mol. The number of hydrogen-bond donors (Lipinski definition) is 2. The summed E-state index contributed by atoms with van der Waals surface area (Å²) in [4.78, 5) is 2.46. The van der Waals surface area contributed by atoms with Crippen LogP contribution in [-0.2, 0) is 6.54 Å². The Bertz CT molecular complexity index is 430. The normalized spacial score (nSPS) is 19.8. The molecule has 20 heavy (non-hydrogen) atoms. The average molecular weight is 341 g/mol. The Morgan fingerprint density at radius 1 is 1.45 bits per heavy atom. The van der Waals surface area contributed by atoms with E-state index in [2.05, 4.69) is 40.0 Å². The standard InChI is InChI=1S/C16H25BrN2O/c1-12(2)19(10-13-4-3-7-18-9-13)11-14-8-15(17)5-6-16(14)20/h5-6,8,12-13,18,20H,3-4,7,9-11H2,1-2H3. The van der Waals surface area contributed by atoms with Crippen LogP contribution < -0.4 is 5.32 Å². The maximum Gasteiger partial charge on any atom is 0.120 e. The first kappa shape index (κ1) is 15.8. The molecule has 1 unspecified atom stereocenters. The number of aromatic hydroxyl groups is 1. The highest BCUT2D eigenvalue weighted by Crippen LogP contribution is 2.25. The molecular formula is C16H25BrN2O. The highest BCUT2D eigenvalue weighted by atomic mass is 79.9. The number of piperidine rings is 1. The molecule has 0 radical (unpaired) electrons. The number of hydrogen-bond acceptors (Lipinski definition) is 3. The summed E-state index contributed by atoms with van der Waals surface area (Å²) in [5.41, 5.74) is 0.997. The summed E-state index contributed by atoms with van der Waals surface area (Å²) in [7, 11) is 0. The van der Waals surface area contributed by atoms with E-state index in [0.29, 0.717) is 11.8 Å². The summed E-state index contributed by atoms with van der Waals surface area (Å²) < 4.78 is 1.02. The fourth-order valence-electron chi connectivity index (χ4n) is 2.77. The smallest absolute Gasteiger partial charge is 0.120 e. The molecule has 2 rings (SSSR count). The van der Waals surface area contributed by atoms with Crippen molar-refractivity contribution in [3.8, 4) is 5.75 Å². The van der Waals surface area contributed by atoms with E-state index < -0.39 is 0 Å². The molecule has 0 spiro atoms. The van der Waals surface area contributed by atoms with Crippen LogP contribution in [0.5, 0.6) is 5.75 Å². The van der Waals surface area contributed by atoms with Crippen molar-refractivity contribution in [2.45, 2.75) is 39.3 Å². The SMILES string of the molecule is CC(C)N(Cc1cc(Br)ccc1O)CC1CCCNC1. The number of phenolic OH excluding ortho intramolecular Hbond substituents is 1. The van der Waals surface area contributed by atoms with E-state index in [-0.39, 0.29) is 0 Å². The number of halogens is 1. The highest BCUT2D eigenvalue weighted by Gasteiger charge is 2.20. The lowest BCUT2D eigenvalue weighted by Gasteiger charge is -2.33. The van der Waals surface area contributed by atoms with Gasteiger partial charge in [-0.2, -0.15) is 0 Å². The summed E-state index contributed by atoms with van der Waals surface area (Å²) >= 11 is 3.48. The summed E-state index contributed by atoms with van der Waals surface area (Å²) in [6, 6.07) is 6.14. The molecule has 0 aliphatic carbocycles. The zero-order chi connectivity index (χ0) is 14.5. The molecular weight excluding hydrogens is 316 g/mol.